The summed E-state index contributed by atoms with van der Waals surface area (Å²) in [5, 5.41) is 6.20. The minimum Gasteiger partial charge on any atom is -0.489 e. The maximum Gasteiger partial charge on any atom is 0.122 e. The fourth-order valence-electron chi connectivity index (χ4n) is 3.34. The molecule has 2 nitrogen and oxygen atoms in total. The number of para-hydroxylation sites is 1. The van der Waals surface area contributed by atoms with E-state index < -0.39 is 0 Å². The third-order valence-electron chi connectivity index (χ3n) is 4.57. The summed E-state index contributed by atoms with van der Waals surface area (Å²) in [6, 6.07) is 23.4. The van der Waals surface area contributed by atoms with E-state index in [-0.39, 0.29) is 6.10 Å². The Hall–Kier alpha value is -2.32. The molecule has 23 heavy (non-hydrogen) atoms. The van der Waals surface area contributed by atoms with Gasteiger partial charge in [0.25, 0.3) is 0 Å². The van der Waals surface area contributed by atoms with Crippen LogP contribution in [0, 0.1) is 0 Å². The molecule has 0 spiro atoms. The predicted octanol–water partition coefficient (Wildman–Crippen LogP) is 4.32. The zero-order chi connectivity index (χ0) is 15.5. The first-order valence-electron chi connectivity index (χ1n) is 8.32. The molecule has 1 aliphatic rings. The molecule has 0 aromatic heterocycles. The van der Waals surface area contributed by atoms with Crippen molar-refractivity contribution < 1.29 is 4.74 Å². The first kappa shape index (κ1) is 14.3. The Balaban J connectivity index is 1.39. The van der Waals surface area contributed by atoms with E-state index in [4.69, 9.17) is 4.74 Å². The van der Waals surface area contributed by atoms with Gasteiger partial charge in [-0.3, -0.25) is 0 Å². The van der Waals surface area contributed by atoms with E-state index in [2.05, 4.69) is 66.0 Å². The van der Waals surface area contributed by atoms with Gasteiger partial charge in [-0.2, -0.15) is 0 Å². The molecule has 0 radical (unpaired) electrons. The van der Waals surface area contributed by atoms with E-state index in [0.717, 1.165) is 31.7 Å². The van der Waals surface area contributed by atoms with E-state index in [1.165, 1.54) is 21.9 Å². The molecule has 0 bridgehead atoms. The van der Waals surface area contributed by atoms with Crippen LogP contribution in [-0.4, -0.2) is 12.6 Å². The molecular formula is C21H21NO. The second-order valence-electron chi connectivity index (χ2n) is 6.16. The van der Waals surface area contributed by atoms with Crippen molar-refractivity contribution in [2.75, 3.05) is 6.54 Å². The standard InChI is InChI=1S/C21H21NO/c1-3-10-20-16(6-1)8-5-9-18(20)14-22-15-19-13-12-17-7-2-4-11-21(17)23-19/h1-11,19,22H,12-15H2. The molecule has 2 heteroatoms. The molecule has 0 aliphatic carbocycles. The van der Waals surface area contributed by atoms with E-state index in [1.54, 1.807) is 0 Å². The van der Waals surface area contributed by atoms with Gasteiger partial charge in [0.05, 0.1) is 0 Å². The number of hydrogen-bond acceptors (Lipinski definition) is 2. The van der Waals surface area contributed by atoms with Gasteiger partial charge in [-0.05, 0) is 40.8 Å². The Kier molecular flexibility index (Phi) is 3.99. The molecule has 3 aromatic rings. The van der Waals surface area contributed by atoms with Crippen LogP contribution in [0.2, 0.25) is 0 Å². The smallest absolute Gasteiger partial charge is 0.122 e. The van der Waals surface area contributed by atoms with Crippen LogP contribution in [0.3, 0.4) is 0 Å². The van der Waals surface area contributed by atoms with Gasteiger partial charge in [0.2, 0.25) is 0 Å². The highest BCUT2D eigenvalue weighted by atomic mass is 16.5. The van der Waals surface area contributed by atoms with Crippen LogP contribution in [0.25, 0.3) is 10.8 Å². The van der Waals surface area contributed by atoms with Gasteiger partial charge in [-0.15, -0.1) is 0 Å². The van der Waals surface area contributed by atoms with E-state index in [9.17, 15) is 0 Å². The summed E-state index contributed by atoms with van der Waals surface area (Å²) in [4.78, 5) is 0. The Labute approximate surface area is 137 Å². The Morgan fingerprint density at radius 2 is 1.74 bits per heavy atom. The zero-order valence-corrected chi connectivity index (χ0v) is 13.2. The van der Waals surface area contributed by atoms with Crippen LogP contribution in [0.15, 0.2) is 66.7 Å². The van der Waals surface area contributed by atoms with Crippen molar-refractivity contribution in [3.05, 3.63) is 77.9 Å². The fraction of sp³-hybridized carbons (Fsp3) is 0.238. The summed E-state index contributed by atoms with van der Waals surface area (Å²) in [5.41, 5.74) is 2.68. The first-order chi connectivity index (χ1) is 11.4. The molecule has 1 heterocycles. The van der Waals surface area contributed by atoms with Crippen molar-refractivity contribution >= 4 is 10.8 Å². The van der Waals surface area contributed by atoms with Crippen LogP contribution in [0.1, 0.15) is 17.5 Å². The number of fused-ring (bicyclic) bond motifs is 2. The highest BCUT2D eigenvalue weighted by Crippen LogP contribution is 2.26. The van der Waals surface area contributed by atoms with Crippen molar-refractivity contribution in [1.29, 1.82) is 0 Å². The number of nitrogens with one attached hydrogen (secondary N) is 1. The summed E-state index contributed by atoms with van der Waals surface area (Å²) in [5.74, 6) is 1.05. The van der Waals surface area contributed by atoms with Gasteiger partial charge in [0.15, 0.2) is 0 Å². The first-order valence-corrected chi connectivity index (χ1v) is 8.32. The molecule has 0 saturated carbocycles. The summed E-state index contributed by atoms with van der Waals surface area (Å²) in [6.45, 7) is 1.76. The highest BCUT2D eigenvalue weighted by Gasteiger charge is 2.18. The lowest BCUT2D eigenvalue weighted by molar-refractivity contribution is 0.170. The number of aryl methyl sites for hydroxylation is 1. The van der Waals surface area contributed by atoms with Gasteiger partial charge in [-0.25, -0.2) is 0 Å². The van der Waals surface area contributed by atoms with Gasteiger partial charge < -0.3 is 10.1 Å². The molecular weight excluding hydrogens is 282 g/mol. The lowest BCUT2D eigenvalue weighted by Gasteiger charge is -2.26. The third kappa shape index (κ3) is 3.08. The SMILES string of the molecule is c1ccc2c(c1)CCC(CNCc1cccc3ccccc13)O2. The Morgan fingerprint density at radius 1 is 0.913 bits per heavy atom. The second-order valence-corrected chi connectivity index (χ2v) is 6.16. The van der Waals surface area contributed by atoms with Crippen molar-refractivity contribution in [2.24, 2.45) is 0 Å². The Bertz CT molecular complexity index is 806. The fourth-order valence-corrected chi connectivity index (χ4v) is 3.34. The molecule has 1 atom stereocenters. The van der Waals surface area contributed by atoms with Gasteiger partial charge in [0, 0.05) is 13.1 Å². The molecule has 1 N–H and O–H groups in total. The van der Waals surface area contributed by atoms with Crippen LogP contribution in [-0.2, 0) is 13.0 Å². The number of ether oxygens (including phenoxy) is 1. The third-order valence-corrected chi connectivity index (χ3v) is 4.57. The predicted molar refractivity (Wildman–Crippen MR) is 94.8 cm³/mol. The van der Waals surface area contributed by atoms with Gasteiger partial charge in [-0.1, -0.05) is 60.7 Å². The molecule has 1 aliphatic heterocycles. The van der Waals surface area contributed by atoms with E-state index in [0.29, 0.717) is 0 Å². The summed E-state index contributed by atoms with van der Waals surface area (Å²) in [6.07, 6.45) is 2.45. The lowest BCUT2D eigenvalue weighted by Crippen LogP contribution is -2.33. The maximum absolute atomic E-state index is 6.09. The topological polar surface area (TPSA) is 21.3 Å². The van der Waals surface area contributed by atoms with E-state index >= 15 is 0 Å². The molecule has 4 rings (SSSR count). The average Bonchev–Trinajstić information content (AvgIpc) is 2.62. The number of benzene rings is 3. The molecule has 0 saturated heterocycles. The minimum absolute atomic E-state index is 0.264. The minimum atomic E-state index is 0.264. The molecule has 3 aromatic carbocycles. The largest absolute Gasteiger partial charge is 0.489 e. The molecule has 0 fully saturated rings. The summed E-state index contributed by atoms with van der Waals surface area (Å²) >= 11 is 0. The number of hydrogen-bond donors (Lipinski definition) is 1. The number of rotatable bonds is 4. The van der Waals surface area contributed by atoms with Crippen LogP contribution >= 0.6 is 0 Å². The van der Waals surface area contributed by atoms with E-state index in [1.807, 2.05) is 6.07 Å². The van der Waals surface area contributed by atoms with Crippen molar-refractivity contribution in [3.8, 4) is 5.75 Å². The molecule has 0 amide bonds. The highest BCUT2D eigenvalue weighted by molar-refractivity contribution is 5.85. The normalized spacial score (nSPS) is 16.8. The molecule has 116 valence electrons. The second kappa shape index (κ2) is 6.43. The van der Waals surface area contributed by atoms with Crippen LogP contribution in [0.5, 0.6) is 5.75 Å². The van der Waals surface area contributed by atoms with Crippen molar-refractivity contribution in [2.45, 2.75) is 25.5 Å². The zero-order valence-electron chi connectivity index (χ0n) is 13.2. The quantitative estimate of drug-likeness (QED) is 0.775. The summed E-state index contributed by atoms with van der Waals surface area (Å²) in [7, 11) is 0. The van der Waals surface area contributed by atoms with Crippen LogP contribution in [0.4, 0.5) is 0 Å². The van der Waals surface area contributed by atoms with Crippen molar-refractivity contribution in [3.63, 3.8) is 0 Å². The maximum atomic E-state index is 6.09. The monoisotopic (exact) mass is 303 g/mol. The average molecular weight is 303 g/mol. The lowest BCUT2D eigenvalue weighted by atomic mass is 10.0. The van der Waals surface area contributed by atoms with Crippen LogP contribution < -0.4 is 10.1 Å². The summed E-state index contributed by atoms with van der Waals surface area (Å²) < 4.78 is 6.09. The van der Waals surface area contributed by atoms with Gasteiger partial charge in [0.1, 0.15) is 11.9 Å². The Morgan fingerprint density at radius 3 is 2.74 bits per heavy atom. The molecule has 1 unspecified atom stereocenters. The van der Waals surface area contributed by atoms with Gasteiger partial charge >= 0.3 is 0 Å². The van der Waals surface area contributed by atoms with Crippen molar-refractivity contribution in [1.82, 2.24) is 5.32 Å².